The lowest BCUT2D eigenvalue weighted by Gasteiger charge is -2.21. The molecule has 1 aromatic carbocycles. The van der Waals surface area contributed by atoms with Gasteiger partial charge in [0.05, 0.1) is 16.3 Å². The van der Waals surface area contributed by atoms with Crippen LogP contribution in [0, 0.1) is 0 Å². The Labute approximate surface area is 194 Å². The molecular formula is C24H26N4O4S. The molecule has 3 aromatic heterocycles. The van der Waals surface area contributed by atoms with Gasteiger partial charge in [0, 0.05) is 11.3 Å². The minimum atomic E-state index is -0.278. The second-order valence-electron chi connectivity index (χ2n) is 8.11. The molecule has 172 valence electrons. The predicted molar refractivity (Wildman–Crippen MR) is 128 cm³/mol. The Hall–Kier alpha value is -3.33. The minimum Gasteiger partial charge on any atom is -0.486 e. The maximum Gasteiger partial charge on any atom is 0.291 e. The molecular weight excluding hydrogens is 440 g/mol. The van der Waals surface area contributed by atoms with Gasteiger partial charge in [-0.15, -0.1) is 11.3 Å². The van der Waals surface area contributed by atoms with Crippen LogP contribution in [0.4, 0.5) is 0 Å². The third-order valence-electron chi connectivity index (χ3n) is 5.89. The van der Waals surface area contributed by atoms with E-state index in [0.29, 0.717) is 36.7 Å². The van der Waals surface area contributed by atoms with Crippen LogP contribution < -0.4 is 20.3 Å². The maximum atomic E-state index is 13.1. The number of fused-ring (bicyclic) bond motifs is 4. The van der Waals surface area contributed by atoms with Crippen LogP contribution in [0.15, 0.2) is 35.1 Å². The molecule has 0 spiro atoms. The third kappa shape index (κ3) is 3.86. The van der Waals surface area contributed by atoms with Crippen molar-refractivity contribution in [3.05, 3.63) is 57.0 Å². The highest BCUT2D eigenvalue weighted by atomic mass is 32.1. The second kappa shape index (κ2) is 8.55. The number of carbonyl (C=O) groups excluding carboxylic acids is 1. The SMILES string of the molecule is CCc1cc2c(cc3c(=O)n(CC(=O)N[C@@H](C)c4ccc5c(c4)OCCO5)nc(CC)n32)s1. The molecule has 1 atom stereocenters. The molecule has 9 heteroatoms. The largest absolute Gasteiger partial charge is 0.486 e. The van der Waals surface area contributed by atoms with E-state index in [0.717, 1.165) is 28.0 Å². The highest BCUT2D eigenvalue weighted by Gasteiger charge is 2.19. The van der Waals surface area contributed by atoms with E-state index in [9.17, 15) is 9.59 Å². The number of rotatable bonds is 6. The molecule has 1 N–H and O–H groups in total. The average molecular weight is 467 g/mol. The first kappa shape index (κ1) is 21.5. The van der Waals surface area contributed by atoms with Crippen LogP contribution in [0.2, 0.25) is 0 Å². The molecule has 1 aliphatic rings. The van der Waals surface area contributed by atoms with Crippen molar-refractivity contribution in [1.29, 1.82) is 0 Å². The first-order chi connectivity index (χ1) is 16.0. The molecule has 4 heterocycles. The van der Waals surface area contributed by atoms with Crippen LogP contribution in [-0.2, 0) is 24.2 Å². The first-order valence-electron chi connectivity index (χ1n) is 11.2. The highest BCUT2D eigenvalue weighted by molar-refractivity contribution is 7.19. The summed E-state index contributed by atoms with van der Waals surface area (Å²) in [7, 11) is 0. The normalized spacial score (nSPS) is 14.0. The number of thiophene rings is 1. The summed E-state index contributed by atoms with van der Waals surface area (Å²) < 4.78 is 15.5. The zero-order valence-corrected chi connectivity index (χ0v) is 19.7. The first-order valence-corrected chi connectivity index (χ1v) is 12.0. The van der Waals surface area contributed by atoms with Crippen molar-refractivity contribution in [3.63, 3.8) is 0 Å². The molecule has 0 bridgehead atoms. The van der Waals surface area contributed by atoms with Crippen molar-refractivity contribution in [2.45, 2.75) is 46.2 Å². The molecule has 0 saturated heterocycles. The number of aryl methyl sites for hydroxylation is 2. The zero-order chi connectivity index (χ0) is 23.1. The van der Waals surface area contributed by atoms with E-state index in [2.05, 4.69) is 23.4 Å². The average Bonchev–Trinajstić information content (AvgIpc) is 3.38. The maximum absolute atomic E-state index is 13.1. The summed E-state index contributed by atoms with van der Waals surface area (Å²) in [6.45, 7) is 6.91. The number of amides is 1. The summed E-state index contributed by atoms with van der Waals surface area (Å²) in [6, 6.07) is 9.41. The predicted octanol–water partition coefficient (Wildman–Crippen LogP) is 3.48. The van der Waals surface area contributed by atoms with Gasteiger partial charge in [-0.3, -0.25) is 14.0 Å². The van der Waals surface area contributed by atoms with Gasteiger partial charge in [0.1, 0.15) is 31.1 Å². The van der Waals surface area contributed by atoms with Crippen LogP contribution in [-0.4, -0.2) is 33.3 Å². The van der Waals surface area contributed by atoms with Crippen LogP contribution in [0.25, 0.3) is 15.7 Å². The molecule has 33 heavy (non-hydrogen) atoms. The quantitative estimate of drug-likeness (QED) is 0.470. The number of benzene rings is 1. The Kier molecular flexibility index (Phi) is 5.57. The fraction of sp³-hybridized carbons (Fsp3) is 0.375. The second-order valence-corrected chi connectivity index (χ2v) is 9.27. The van der Waals surface area contributed by atoms with Crippen molar-refractivity contribution in [2.24, 2.45) is 0 Å². The number of aromatic nitrogens is 3. The molecule has 8 nitrogen and oxygen atoms in total. The van der Waals surface area contributed by atoms with Crippen molar-refractivity contribution in [1.82, 2.24) is 19.5 Å². The number of nitrogens with one attached hydrogen (secondary N) is 1. The van der Waals surface area contributed by atoms with Crippen LogP contribution in [0.1, 0.15) is 43.1 Å². The van der Waals surface area contributed by atoms with Gasteiger partial charge >= 0.3 is 0 Å². The van der Waals surface area contributed by atoms with Crippen molar-refractivity contribution in [2.75, 3.05) is 13.2 Å². The Morgan fingerprint density at radius 2 is 1.91 bits per heavy atom. The monoisotopic (exact) mass is 466 g/mol. The summed E-state index contributed by atoms with van der Waals surface area (Å²) in [5.74, 6) is 1.86. The summed E-state index contributed by atoms with van der Waals surface area (Å²) in [6.07, 6.45) is 1.60. The van der Waals surface area contributed by atoms with Gasteiger partial charge < -0.3 is 14.8 Å². The van der Waals surface area contributed by atoms with Gasteiger partial charge in [0.15, 0.2) is 11.5 Å². The summed E-state index contributed by atoms with van der Waals surface area (Å²) >= 11 is 1.69. The number of carbonyl (C=O) groups is 1. The highest BCUT2D eigenvalue weighted by Crippen LogP contribution is 2.32. The van der Waals surface area contributed by atoms with Crippen molar-refractivity contribution in [3.8, 4) is 11.5 Å². The molecule has 0 fully saturated rings. The number of nitrogens with zero attached hydrogens (tertiary/aromatic N) is 3. The molecule has 0 saturated carbocycles. The third-order valence-corrected chi connectivity index (χ3v) is 7.11. The van der Waals surface area contributed by atoms with Crippen LogP contribution in [0.5, 0.6) is 11.5 Å². The van der Waals surface area contributed by atoms with E-state index in [1.807, 2.05) is 42.5 Å². The molecule has 0 unspecified atom stereocenters. The summed E-state index contributed by atoms with van der Waals surface area (Å²) in [4.78, 5) is 27.2. The Morgan fingerprint density at radius 3 is 2.67 bits per heavy atom. The lowest BCUT2D eigenvalue weighted by Crippen LogP contribution is -2.36. The summed E-state index contributed by atoms with van der Waals surface area (Å²) in [5.41, 5.74) is 2.20. The van der Waals surface area contributed by atoms with E-state index >= 15 is 0 Å². The van der Waals surface area contributed by atoms with Gasteiger partial charge in [-0.05, 0) is 43.2 Å². The standard InChI is InChI=1S/C24H26N4O4S/c1-4-16-11-17-21(33-16)12-18-24(30)27(26-22(5-2)28(17)18)13-23(29)25-14(3)15-6-7-19-20(10-15)32-9-8-31-19/h6-7,10-12,14H,4-5,8-9,13H2,1-3H3,(H,25,29)/t14-/m0/s1. The van der Waals surface area contributed by atoms with Gasteiger partial charge in [-0.2, -0.15) is 5.10 Å². The minimum absolute atomic E-state index is 0.143. The fourth-order valence-electron chi connectivity index (χ4n) is 4.19. The lowest BCUT2D eigenvalue weighted by atomic mass is 10.1. The van der Waals surface area contributed by atoms with E-state index in [-0.39, 0.29) is 24.1 Å². The molecule has 4 aromatic rings. The van der Waals surface area contributed by atoms with E-state index < -0.39 is 0 Å². The molecule has 1 aliphatic heterocycles. The van der Waals surface area contributed by atoms with Crippen LogP contribution in [0.3, 0.4) is 0 Å². The van der Waals surface area contributed by atoms with Crippen LogP contribution >= 0.6 is 11.3 Å². The summed E-state index contributed by atoms with van der Waals surface area (Å²) in [5, 5.41) is 7.49. The number of hydrogen-bond donors (Lipinski definition) is 1. The van der Waals surface area contributed by atoms with Gasteiger partial charge in [-0.1, -0.05) is 19.9 Å². The topological polar surface area (TPSA) is 86.9 Å². The molecule has 1 amide bonds. The fourth-order valence-corrected chi connectivity index (χ4v) is 5.21. The Bertz CT molecular complexity index is 1420. The molecule has 0 aliphatic carbocycles. The van der Waals surface area contributed by atoms with E-state index in [1.165, 1.54) is 9.56 Å². The smallest absolute Gasteiger partial charge is 0.291 e. The van der Waals surface area contributed by atoms with Crippen molar-refractivity contribution >= 4 is 33.0 Å². The zero-order valence-electron chi connectivity index (χ0n) is 18.9. The lowest BCUT2D eigenvalue weighted by molar-refractivity contribution is -0.122. The van der Waals surface area contributed by atoms with Crippen molar-refractivity contribution < 1.29 is 14.3 Å². The van der Waals surface area contributed by atoms with E-state index in [4.69, 9.17) is 9.47 Å². The number of ether oxygens (including phenoxy) is 2. The Balaban J connectivity index is 1.40. The molecule has 5 rings (SSSR count). The van der Waals surface area contributed by atoms with Gasteiger partial charge in [0.2, 0.25) is 5.91 Å². The Morgan fingerprint density at radius 1 is 1.12 bits per heavy atom. The van der Waals surface area contributed by atoms with Gasteiger partial charge in [0.25, 0.3) is 5.56 Å². The van der Waals surface area contributed by atoms with Gasteiger partial charge in [-0.25, -0.2) is 4.68 Å². The van der Waals surface area contributed by atoms with E-state index in [1.54, 1.807) is 11.3 Å². The number of hydrogen-bond acceptors (Lipinski definition) is 6. The molecule has 0 radical (unpaired) electrons.